The molecule has 1 N–H and O–H groups in total. The number of alkyl halides is 3. The molecular weight excluding hydrogens is 307 g/mol. The van der Waals surface area contributed by atoms with Gasteiger partial charge in [-0.25, -0.2) is 9.97 Å². The Labute approximate surface area is 126 Å². The van der Waals surface area contributed by atoms with Crippen LogP contribution in [0.15, 0.2) is 6.07 Å². The van der Waals surface area contributed by atoms with Gasteiger partial charge in [0.15, 0.2) is 0 Å². The third kappa shape index (κ3) is 4.98. The summed E-state index contributed by atoms with van der Waals surface area (Å²) < 4.78 is 37.7. The third-order valence-electron chi connectivity index (χ3n) is 3.28. The molecule has 0 bridgehead atoms. The third-order valence-corrected chi connectivity index (χ3v) is 3.47. The summed E-state index contributed by atoms with van der Waals surface area (Å²) in [5, 5.41) is 2.64. The van der Waals surface area contributed by atoms with Crippen molar-refractivity contribution in [3.8, 4) is 0 Å². The van der Waals surface area contributed by atoms with Gasteiger partial charge in [-0.15, -0.1) is 0 Å². The normalized spacial score (nSPS) is 18.0. The first-order valence-corrected chi connectivity index (χ1v) is 6.99. The van der Waals surface area contributed by atoms with E-state index >= 15 is 0 Å². The summed E-state index contributed by atoms with van der Waals surface area (Å²) in [6, 6.07) is 1.29. The zero-order valence-electron chi connectivity index (χ0n) is 11.6. The highest BCUT2D eigenvalue weighted by Gasteiger charge is 2.35. The molecule has 0 unspecified atom stereocenters. The van der Waals surface area contributed by atoms with Gasteiger partial charge in [-0.2, -0.15) is 13.2 Å². The van der Waals surface area contributed by atoms with Crippen LogP contribution in [0.5, 0.6) is 0 Å². The maximum Gasteiger partial charge on any atom is 0.451 e. The van der Waals surface area contributed by atoms with Crippen LogP contribution in [0.2, 0.25) is 5.15 Å². The molecule has 1 aromatic rings. The molecule has 2 heterocycles. The van der Waals surface area contributed by atoms with Gasteiger partial charge in [0.25, 0.3) is 0 Å². The Balaban J connectivity index is 1.87. The number of rotatable bonds is 4. The highest BCUT2D eigenvalue weighted by atomic mass is 35.5. The Hall–Kier alpha value is -1.12. The fourth-order valence-electron chi connectivity index (χ4n) is 2.05. The second kappa shape index (κ2) is 6.76. The zero-order valence-corrected chi connectivity index (χ0v) is 12.4. The summed E-state index contributed by atoms with van der Waals surface area (Å²) in [5.74, 6) is -1.13. The first kappa shape index (κ1) is 16.3. The van der Waals surface area contributed by atoms with Crippen molar-refractivity contribution in [1.29, 1.82) is 0 Å². The average Bonchev–Trinajstić information content (AvgIpc) is 2.39. The minimum absolute atomic E-state index is 0.0939. The van der Waals surface area contributed by atoms with Gasteiger partial charge in [0.2, 0.25) is 5.82 Å². The SMILES string of the molecule is CN1CCN(CCNc2cc(Cl)nc(C(F)(F)F)n2)CC1. The summed E-state index contributed by atoms with van der Waals surface area (Å²) in [7, 11) is 2.07. The van der Waals surface area contributed by atoms with Crippen molar-refractivity contribution in [2.45, 2.75) is 6.18 Å². The lowest BCUT2D eigenvalue weighted by atomic mass is 10.3. The quantitative estimate of drug-likeness (QED) is 0.856. The van der Waals surface area contributed by atoms with Crippen molar-refractivity contribution in [2.24, 2.45) is 0 Å². The number of aromatic nitrogens is 2. The molecule has 0 saturated carbocycles. The van der Waals surface area contributed by atoms with E-state index in [-0.39, 0.29) is 11.0 Å². The fraction of sp³-hybridized carbons (Fsp3) is 0.667. The number of likely N-dealkylation sites (N-methyl/N-ethyl adjacent to an activating group) is 1. The lowest BCUT2D eigenvalue weighted by Gasteiger charge is -2.32. The molecule has 0 spiro atoms. The van der Waals surface area contributed by atoms with Crippen molar-refractivity contribution in [2.75, 3.05) is 51.6 Å². The van der Waals surface area contributed by atoms with Crippen LogP contribution in [0.1, 0.15) is 5.82 Å². The maximum atomic E-state index is 12.6. The highest BCUT2D eigenvalue weighted by Crippen LogP contribution is 2.28. The lowest BCUT2D eigenvalue weighted by Crippen LogP contribution is -2.45. The number of hydrogen-bond acceptors (Lipinski definition) is 5. The molecule has 1 fully saturated rings. The standard InChI is InChI=1S/C12H17ClF3N5/c1-20-4-6-21(7-5-20)3-2-17-10-8-9(13)18-11(19-10)12(14,15)16/h8H,2-7H2,1H3,(H,17,18,19). The minimum Gasteiger partial charge on any atom is -0.369 e. The summed E-state index contributed by atoms with van der Waals surface area (Å²) in [5.41, 5.74) is 0. The van der Waals surface area contributed by atoms with Crippen LogP contribution >= 0.6 is 11.6 Å². The van der Waals surface area contributed by atoms with Crippen molar-refractivity contribution >= 4 is 17.4 Å². The smallest absolute Gasteiger partial charge is 0.369 e. The monoisotopic (exact) mass is 323 g/mol. The van der Waals surface area contributed by atoms with Gasteiger partial charge < -0.3 is 10.2 Å². The Morgan fingerprint density at radius 3 is 2.52 bits per heavy atom. The molecule has 1 aliphatic rings. The Morgan fingerprint density at radius 2 is 1.90 bits per heavy atom. The first-order valence-electron chi connectivity index (χ1n) is 6.61. The predicted molar refractivity (Wildman–Crippen MR) is 74.5 cm³/mol. The number of nitrogens with zero attached hydrogens (tertiary/aromatic N) is 4. The second-order valence-corrected chi connectivity index (χ2v) is 5.36. The van der Waals surface area contributed by atoms with E-state index in [9.17, 15) is 13.2 Å². The van der Waals surface area contributed by atoms with E-state index in [1.54, 1.807) is 0 Å². The predicted octanol–water partition coefficient (Wildman–Crippen LogP) is 1.81. The molecule has 21 heavy (non-hydrogen) atoms. The molecule has 0 radical (unpaired) electrons. The molecule has 5 nitrogen and oxygen atoms in total. The van der Waals surface area contributed by atoms with E-state index in [1.165, 1.54) is 6.07 Å². The van der Waals surface area contributed by atoms with Gasteiger partial charge in [0, 0.05) is 45.3 Å². The molecule has 0 amide bonds. The Kier molecular flexibility index (Phi) is 5.23. The molecule has 0 atom stereocenters. The van der Waals surface area contributed by atoms with Crippen molar-refractivity contribution in [3.63, 3.8) is 0 Å². The molecule has 1 aliphatic heterocycles. The maximum absolute atomic E-state index is 12.6. The number of anilines is 1. The van der Waals surface area contributed by atoms with Crippen molar-refractivity contribution < 1.29 is 13.2 Å². The number of nitrogens with one attached hydrogen (secondary N) is 1. The Morgan fingerprint density at radius 1 is 1.24 bits per heavy atom. The molecule has 0 aliphatic carbocycles. The van der Waals surface area contributed by atoms with Crippen LogP contribution in [0.25, 0.3) is 0 Å². The zero-order chi connectivity index (χ0) is 15.5. The highest BCUT2D eigenvalue weighted by molar-refractivity contribution is 6.29. The van der Waals surface area contributed by atoms with Gasteiger partial charge in [-0.1, -0.05) is 11.6 Å². The molecule has 118 valence electrons. The fourth-order valence-corrected chi connectivity index (χ4v) is 2.23. The largest absolute Gasteiger partial charge is 0.451 e. The lowest BCUT2D eigenvalue weighted by molar-refractivity contribution is -0.144. The van der Waals surface area contributed by atoms with Crippen LogP contribution in [0, 0.1) is 0 Å². The number of halogens is 4. The van der Waals surface area contributed by atoms with E-state index < -0.39 is 12.0 Å². The van der Waals surface area contributed by atoms with E-state index in [0.717, 1.165) is 32.7 Å². The van der Waals surface area contributed by atoms with E-state index in [0.29, 0.717) is 6.54 Å². The van der Waals surface area contributed by atoms with Crippen molar-refractivity contribution in [3.05, 3.63) is 17.0 Å². The van der Waals surface area contributed by atoms with Crippen LogP contribution < -0.4 is 5.32 Å². The van der Waals surface area contributed by atoms with Crippen LogP contribution in [0.3, 0.4) is 0 Å². The van der Waals surface area contributed by atoms with E-state index in [4.69, 9.17) is 11.6 Å². The molecule has 9 heteroatoms. The number of hydrogen-bond donors (Lipinski definition) is 1. The summed E-state index contributed by atoms with van der Waals surface area (Å²) in [6.07, 6.45) is -4.60. The topological polar surface area (TPSA) is 44.3 Å². The molecule has 0 aromatic carbocycles. The van der Waals surface area contributed by atoms with Gasteiger partial charge in [0.1, 0.15) is 11.0 Å². The summed E-state index contributed by atoms with van der Waals surface area (Å²) in [4.78, 5) is 11.1. The molecule has 1 aromatic heterocycles. The molecule has 1 saturated heterocycles. The second-order valence-electron chi connectivity index (χ2n) is 4.97. The van der Waals surface area contributed by atoms with Gasteiger partial charge >= 0.3 is 6.18 Å². The number of piperazine rings is 1. The van der Waals surface area contributed by atoms with E-state index in [2.05, 4.69) is 32.1 Å². The van der Waals surface area contributed by atoms with Crippen LogP contribution in [-0.2, 0) is 6.18 Å². The van der Waals surface area contributed by atoms with E-state index in [1.807, 2.05) is 0 Å². The Bertz CT molecular complexity index is 474. The van der Waals surface area contributed by atoms with Gasteiger partial charge in [-0.05, 0) is 7.05 Å². The first-order chi connectivity index (χ1) is 9.84. The molecule has 2 rings (SSSR count). The molecular formula is C12H17ClF3N5. The van der Waals surface area contributed by atoms with Gasteiger partial charge in [-0.3, -0.25) is 4.90 Å². The van der Waals surface area contributed by atoms with Crippen LogP contribution in [-0.4, -0.2) is 66.1 Å². The summed E-state index contributed by atoms with van der Waals surface area (Å²) in [6.45, 7) is 5.16. The van der Waals surface area contributed by atoms with Crippen LogP contribution in [0.4, 0.5) is 19.0 Å². The minimum atomic E-state index is -4.60. The van der Waals surface area contributed by atoms with Crippen molar-refractivity contribution in [1.82, 2.24) is 19.8 Å². The average molecular weight is 324 g/mol. The summed E-state index contributed by atoms with van der Waals surface area (Å²) >= 11 is 5.59. The van der Waals surface area contributed by atoms with Gasteiger partial charge in [0.05, 0.1) is 0 Å².